The minimum atomic E-state index is -0.555. The van der Waals surface area contributed by atoms with Gasteiger partial charge in [0.25, 0.3) is 0 Å². The average molecular weight is 237 g/mol. The van der Waals surface area contributed by atoms with Gasteiger partial charge in [-0.15, -0.1) is 0 Å². The third-order valence-corrected chi connectivity index (χ3v) is 3.53. The van der Waals surface area contributed by atoms with Gasteiger partial charge in [0.1, 0.15) is 5.82 Å². The molecule has 0 saturated carbocycles. The predicted octanol–water partition coefficient (Wildman–Crippen LogP) is 3.08. The second kappa shape index (κ2) is 5.41. The van der Waals surface area contributed by atoms with E-state index in [1.165, 1.54) is 12.1 Å². The zero-order valence-corrected chi connectivity index (χ0v) is 10.7. The van der Waals surface area contributed by atoms with E-state index in [-0.39, 0.29) is 11.6 Å². The molecule has 1 rings (SSSR count). The first-order chi connectivity index (χ1) is 7.99. The van der Waals surface area contributed by atoms with Crippen molar-refractivity contribution in [2.75, 3.05) is 6.54 Å². The van der Waals surface area contributed by atoms with Crippen LogP contribution in [0.1, 0.15) is 42.6 Å². The Labute approximate surface area is 102 Å². The van der Waals surface area contributed by atoms with E-state index in [2.05, 4.69) is 0 Å². The average Bonchev–Trinajstić information content (AvgIpc) is 2.30. The number of Topliss-reactive ketones (excluding diaryl/α,β-unsaturated/α-hetero) is 1. The van der Waals surface area contributed by atoms with Crippen LogP contribution in [0.25, 0.3) is 0 Å². The number of hydrogen-bond donors (Lipinski definition) is 1. The molecule has 3 heteroatoms. The van der Waals surface area contributed by atoms with Crippen molar-refractivity contribution in [1.29, 1.82) is 0 Å². The van der Waals surface area contributed by atoms with Crippen LogP contribution >= 0.6 is 0 Å². The van der Waals surface area contributed by atoms with Crippen molar-refractivity contribution in [3.63, 3.8) is 0 Å². The summed E-state index contributed by atoms with van der Waals surface area (Å²) in [5.41, 5.74) is 6.36. The highest BCUT2D eigenvalue weighted by molar-refractivity contribution is 6.00. The first-order valence-corrected chi connectivity index (χ1v) is 6.01. The smallest absolute Gasteiger partial charge is 0.170 e. The summed E-state index contributed by atoms with van der Waals surface area (Å²) in [6, 6.07) is 4.44. The van der Waals surface area contributed by atoms with Crippen LogP contribution in [0.15, 0.2) is 18.2 Å². The summed E-state index contributed by atoms with van der Waals surface area (Å²) >= 11 is 0. The van der Waals surface area contributed by atoms with Crippen LogP contribution in [0.3, 0.4) is 0 Å². The molecule has 94 valence electrons. The molecule has 2 nitrogen and oxygen atoms in total. The van der Waals surface area contributed by atoms with Crippen LogP contribution in [0.5, 0.6) is 0 Å². The normalized spacial score (nSPS) is 11.6. The van der Waals surface area contributed by atoms with Gasteiger partial charge in [0.15, 0.2) is 5.78 Å². The van der Waals surface area contributed by atoms with Gasteiger partial charge in [-0.05, 0) is 43.5 Å². The molecule has 0 aliphatic heterocycles. The number of hydrogen-bond acceptors (Lipinski definition) is 2. The van der Waals surface area contributed by atoms with Crippen LogP contribution in [-0.2, 0) is 0 Å². The molecular formula is C14H20FNO. The first-order valence-electron chi connectivity index (χ1n) is 6.01. The Bertz CT molecular complexity index is 382. The minimum Gasteiger partial charge on any atom is -0.329 e. The molecule has 0 saturated heterocycles. The highest BCUT2D eigenvalue weighted by Crippen LogP contribution is 2.30. The number of carbonyl (C=O) groups excluding carboxylic acids is 1. The van der Waals surface area contributed by atoms with Crippen molar-refractivity contribution in [2.24, 2.45) is 11.1 Å². The Balaban J connectivity index is 3.18. The van der Waals surface area contributed by atoms with Crippen LogP contribution < -0.4 is 5.73 Å². The maximum atomic E-state index is 13.3. The molecule has 0 aromatic heterocycles. The monoisotopic (exact) mass is 237 g/mol. The third kappa shape index (κ3) is 2.72. The number of carbonyl (C=O) groups is 1. The summed E-state index contributed by atoms with van der Waals surface area (Å²) in [7, 11) is 0. The van der Waals surface area contributed by atoms with Crippen molar-refractivity contribution in [2.45, 2.75) is 33.6 Å². The van der Waals surface area contributed by atoms with E-state index in [0.29, 0.717) is 24.9 Å². The lowest BCUT2D eigenvalue weighted by molar-refractivity contribution is 0.0787. The van der Waals surface area contributed by atoms with Gasteiger partial charge in [0.2, 0.25) is 0 Å². The van der Waals surface area contributed by atoms with Crippen LogP contribution in [0.4, 0.5) is 4.39 Å². The van der Waals surface area contributed by atoms with Crippen molar-refractivity contribution in [3.8, 4) is 0 Å². The number of aryl methyl sites for hydroxylation is 1. The van der Waals surface area contributed by atoms with Gasteiger partial charge in [-0.1, -0.05) is 13.8 Å². The summed E-state index contributed by atoms with van der Waals surface area (Å²) in [6.45, 7) is 5.97. The number of benzene rings is 1. The van der Waals surface area contributed by atoms with Gasteiger partial charge in [-0.25, -0.2) is 4.39 Å². The molecule has 1 aromatic rings. The zero-order valence-electron chi connectivity index (χ0n) is 10.7. The molecule has 0 aliphatic carbocycles. The van der Waals surface area contributed by atoms with E-state index < -0.39 is 5.41 Å². The highest BCUT2D eigenvalue weighted by Gasteiger charge is 2.34. The maximum absolute atomic E-state index is 13.3. The van der Waals surface area contributed by atoms with Gasteiger partial charge >= 0.3 is 0 Å². The Hall–Kier alpha value is -1.22. The van der Waals surface area contributed by atoms with Crippen LogP contribution in [0, 0.1) is 18.2 Å². The fourth-order valence-corrected chi connectivity index (χ4v) is 2.13. The minimum absolute atomic E-state index is 0.0485. The van der Waals surface area contributed by atoms with E-state index in [1.54, 1.807) is 13.0 Å². The fraction of sp³-hybridized carbons (Fsp3) is 0.500. The Morgan fingerprint density at radius 3 is 2.29 bits per heavy atom. The molecule has 0 spiro atoms. The summed E-state index contributed by atoms with van der Waals surface area (Å²) in [5.74, 6) is -0.418. The van der Waals surface area contributed by atoms with E-state index in [1.807, 2.05) is 13.8 Å². The summed E-state index contributed by atoms with van der Waals surface area (Å²) < 4.78 is 13.3. The molecule has 17 heavy (non-hydrogen) atoms. The van der Waals surface area contributed by atoms with Crippen molar-refractivity contribution in [1.82, 2.24) is 0 Å². The number of rotatable bonds is 5. The van der Waals surface area contributed by atoms with E-state index in [4.69, 9.17) is 5.73 Å². The lowest BCUT2D eigenvalue weighted by Gasteiger charge is -2.28. The van der Waals surface area contributed by atoms with Crippen LogP contribution in [0.2, 0.25) is 0 Å². The maximum Gasteiger partial charge on any atom is 0.170 e. The number of nitrogens with two attached hydrogens (primary N) is 1. The van der Waals surface area contributed by atoms with E-state index >= 15 is 0 Å². The largest absolute Gasteiger partial charge is 0.329 e. The zero-order chi connectivity index (χ0) is 13.1. The molecule has 1 aromatic carbocycles. The van der Waals surface area contributed by atoms with Crippen molar-refractivity contribution >= 4 is 5.78 Å². The molecule has 0 radical (unpaired) electrons. The topological polar surface area (TPSA) is 43.1 Å². The SMILES string of the molecule is CCC(CC)(CN)C(=O)c1cc(C)cc(F)c1. The van der Waals surface area contributed by atoms with Gasteiger partial charge in [-0.3, -0.25) is 4.79 Å². The van der Waals surface area contributed by atoms with Crippen LogP contribution in [-0.4, -0.2) is 12.3 Å². The van der Waals surface area contributed by atoms with Gasteiger partial charge in [0, 0.05) is 17.5 Å². The Kier molecular flexibility index (Phi) is 4.40. The molecule has 0 amide bonds. The molecule has 0 fully saturated rings. The second-order valence-corrected chi connectivity index (χ2v) is 4.54. The quantitative estimate of drug-likeness (QED) is 0.800. The second-order valence-electron chi connectivity index (χ2n) is 4.54. The highest BCUT2D eigenvalue weighted by atomic mass is 19.1. The molecule has 2 N–H and O–H groups in total. The molecule has 0 bridgehead atoms. The van der Waals surface area contributed by atoms with Gasteiger partial charge < -0.3 is 5.73 Å². The van der Waals surface area contributed by atoms with Crippen molar-refractivity contribution < 1.29 is 9.18 Å². The standard InChI is InChI=1S/C14H20FNO/c1-4-14(5-2,9-16)13(17)11-6-10(3)7-12(15)8-11/h6-8H,4-5,9,16H2,1-3H3. The fourth-order valence-electron chi connectivity index (χ4n) is 2.13. The Morgan fingerprint density at radius 2 is 1.88 bits per heavy atom. The van der Waals surface area contributed by atoms with Crippen molar-refractivity contribution in [3.05, 3.63) is 35.1 Å². The van der Waals surface area contributed by atoms with Gasteiger partial charge in [-0.2, -0.15) is 0 Å². The molecule has 0 heterocycles. The third-order valence-electron chi connectivity index (χ3n) is 3.53. The molecule has 0 aliphatic rings. The predicted molar refractivity (Wildman–Crippen MR) is 67.5 cm³/mol. The summed E-state index contributed by atoms with van der Waals surface area (Å²) in [5, 5.41) is 0. The lowest BCUT2D eigenvalue weighted by atomic mass is 9.75. The number of halogens is 1. The Morgan fingerprint density at radius 1 is 1.29 bits per heavy atom. The van der Waals surface area contributed by atoms with Gasteiger partial charge in [0.05, 0.1) is 0 Å². The van der Waals surface area contributed by atoms with E-state index in [0.717, 1.165) is 5.56 Å². The summed E-state index contributed by atoms with van der Waals surface area (Å²) in [6.07, 6.45) is 1.35. The first kappa shape index (κ1) is 13.8. The number of ketones is 1. The van der Waals surface area contributed by atoms with E-state index in [9.17, 15) is 9.18 Å². The molecular weight excluding hydrogens is 217 g/mol. The summed E-state index contributed by atoms with van der Waals surface area (Å²) in [4.78, 5) is 12.4. The lowest BCUT2D eigenvalue weighted by Crippen LogP contribution is -2.37. The molecule has 0 atom stereocenters. The molecule has 0 unspecified atom stereocenters.